The average Bonchev–Trinajstić information content (AvgIpc) is 2.49. The van der Waals surface area contributed by atoms with E-state index in [-0.39, 0.29) is 5.91 Å². The molecular weight excluding hydrogens is 192 g/mol. The number of nitrogens with zero attached hydrogens (tertiary/aromatic N) is 1. The minimum absolute atomic E-state index is 0.115. The Balaban J connectivity index is 2.35. The standard InChI is InChI=1S/C11H18N2O2/c1-4-5-11(14)12-7-6-10-8(2)13-15-9(10)3/h4-7H2,1-3H3,(H,12,14). The molecule has 15 heavy (non-hydrogen) atoms. The minimum atomic E-state index is 0.115. The van der Waals surface area contributed by atoms with E-state index in [0.29, 0.717) is 13.0 Å². The Morgan fingerprint density at radius 1 is 1.47 bits per heavy atom. The zero-order valence-corrected chi connectivity index (χ0v) is 9.59. The third kappa shape index (κ3) is 3.38. The summed E-state index contributed by atoms with van der Waals surface area (Å²) in [7, 11) is 0. The Morgan fingerprint density at radius 3 is 2.73 bits per heavy atom. The molecule has 0 saturated heterocycles. The molecule has 1 amide bonds. The Labute approximate surface area is 90.0 Å². The monoisotopic (exact) mass is 210 g/mol. The molecule has 4 nitrogen and oxygen atoms in total. The summed E-state index contributed by atoms with van der Waals surface area (Å²) in [5.74, 6) is 0.960. The van der Waals surface area contributed by atoms with Crippen molar-refractivity contribution in [2.24, 2.45) is 0 Å². The van der Waals surface area contributed by atoms with Gasteiger partial charge in [0.15, 0.2) is 0 Å². The van der Waals surface area contributed by atoms with Crippen LogP contribution in [-0.2, 0) is 11.2 Å². The van der Waals surface area contributed by atoms with Crippen molar-refractivity contribution in [1.82, 2.24) is 10.5 Å². The van der Waals surface area contributed by atoms with Crippen molar-refractivity contribution in [3.63, 3.8) is 0 Å². The van der Waals surface area contributed by atoms with E-state index in [1.807, 2.05) is 20.8 Å². The van der Waals surface area contributed by atoms with Crippen LogP contribution in [0, 0.1) is 13.8 Å². The van der Waals surface area contributed by atoms with Gasteiger partial charge in [-0.2, -0.15) is 0 Å². The fourth-order valence-electron chi connectivity index (χ4n) is 1.50. The summed E-state index contributed by atoms with van der Waals surface area (Å²) in [4.78, 5) is 11.2. The Hall–Kier alpha value is -1.32. The first-order valence-electron chi connectivity index (χ1n) is 5.33. The fourth-order valence-corrected chi connectivity index (χ4v) is 1.50. The molecule has 1 N–H and O–H groups in total. The second-order valence-corrected chi connectivity index (χ2v) is 3.65. The van der Waals surface area contributed by atoms with Crippen LogP contribution in [0.4, 0.5) is 0 Å². The van der Waals surface area contributed by atoms with Crippen LogP contribution >= 0.6 is 0 Å². The lowest BCUT2D eigenvalue weighted by atomic mass is 10.1. The number of carbonyl (C=O) groups is 1. The highest BCUT2D eigenvalue weighted by Gasteiger charge is 2.08. The molecule has 0 unspecified atom stereocenters. The van der Waals surface area contributed by atoms with E-state index in [1.165, 1.54) is 0 Å². The lowest BCUT2D eigenvalue weighted by molar-refractivity contribution is -0.121. The predicted octanol–water partition coefficient (Wildman–Crippen LogP) is 1.75. The van der Waals surface area contributed by atoms with Crippen molar-refractivity contribution in [2.45, 2.75) is 40.0 Å². The summed E-state index contributed by atoms with van der Waals surface area (Å²) in [5, 5.41) is 6.73. The van der Waals surface area contributed by atoms with Crippen LogP contribution in [0.15, 0.2) is 4.52 Å². The molecule has 84 valence electrons. The summed E-state index contributed by atoms with van der Waals surface area (Å²) in [5.41, 5.74) is 2.02. The van der Waals surface area contributed by atoms with E-state index < -0.39 is 0 Å². The van der Waals surface area contributed by atoms with Crippen LogP contribution in [0.1, 0.15) is 36.8 Å². The van der Waals surface area contributed by atoms with E-state index in [0.717, 1.165) is 29.9 Å². The predicted molar refractivity (Wildman–Crippen MR) is 57.6 cm³/mol. The van der Waals surface area contributed by atoms with Crippen molar-refractivity contribution in [3.05, 3.63) is 17.0 Å². The minimum Gasteiger partial charge on any atom is -0.361 e. The molecule has 1 rings (SSSR count). The number of aromatic nitrogens is 1. The van der Waals surface area contributed by atoms with E-state index in [9.17, 15) is 4.79 Å². The van der Waals surface area contributed by atoms with E-state index >= 15 is 0 Å². The highest BCUT2D eigenvalue weighted by molar-refractivity contribution is 5.75. The molecular formula is C11H18N2O2. The van der Waals surface area contributed by atoms with Gasteiger partial charge in [0.05, 0.1) is 5.69 Å². The number of carbonyl (C=O) groups excluding carboxylic acids is 1. The Kier molecular flexibility index (Phi) is 4.34. The summed E-state index contributed by atoms with van der Waals surface area (Å²) < 4.78 is 5.04. The van der Waals surface area contributed by atoms with Gasteiger partial charge in [0.25, 0.3) is 0 Å². The van der Waals surface area contributed by atoms with Gasteiger partial charge in [0.2, 0.25) is 5.91 Å². The Morgan fingerprint density at radius 2 is 2.20 bits per heavy atom. The maximum absolute atomic E-state index is 11.2. The second-order valence-electron chi connectivity index (χ2n) is 3.65. The molecule has 0 atom stereocenters. The van der Waals surface area contributed by atoms with Gasteiger partial charge in [-0.1, -0.05) is 12.1 Å². The first-order chi connectivity index (χ1) is 7.15. The van der Waals surface area contributed by atoms with Gasteiger partial charge in [-0.25, -0.2) is 0 Å². The van der Waals surface area contributed by atoms with Crippen LogP contribution in [-0.4, -0.2) is 17.6 Å². The zero-order chi connectivity index (χ0) is 11.3. The second kappa shape index (κ2) is 5.53. The van der Waals surface area contributed by atoms with E-state index in [2.05, 4.69) is 10.5 Å². The molecule has 0 aliphatic heterocycles. The molecule has 0 radical (unpaired) electrons. The molecule has 0 spiro atoms. The van der Waals surface area contributed by atoms with E-state index in [1.54, 1.807) is 0 Å². The number of amides is 1. The lowest BCUT2D eigenvalue weighted by Crippen LogP contribution is -2.25. The highest BCUT2D eigenvalue weighted by Crippen LogP contribution is 2.11. The van der Waals surface area contributed by atoms with Crippen LogP contribution in [0.5, 0.6) is 0 Å². The number of rotatable bonds is 5. The van der Waals surface area contributed by atoms with Gasteiger partial charge in [-0.05, 0) is 26.7 Å². The van der Waals surface area contributed by atoms with Crippen molar-refractivity contribution in [3.8, 4) is 0 Å². The van der Waals surface area contributed by atoms with Crippen LogP contribution in [0.2, 0.25) is 0 Å². The molecule has 0 bridgehead atoms. The summed E-state index contributed by atoms with van der Waals surface area (Å²) in [6.07, 6.45) is 2.27. The molecule has 0 aliphatic carbocycles. The normalized spacial score (nSPS) is 10.3. The van der Waals surface area contributed by atoms with Crippen molar-refractivity contribution in [2.75, 3.05) is 6.54 Å². The third-order valence-electron chi connectivity index (χ3n) is 2.36. The van der Waals surface area contributed by atoms with Gasteiger partial charge in [-0.3, -0.25) is 4.79 Å². The summed E-state index contributed by atoms with van der Waals surface area (Å²) in [6, 6.07) is 0. The number of aryl methyl sites for hydroxylation is 2. The summed E-state index contributed by atoms with van der Waals surface area (Å²) >= 11 is 0. The van der Waals surface area contributed by atoms with Gasteiger partial charge in [-0.15, -0.1) is 0 Å². The van der Waals surface area contributed by atoms with Gasteiger partial charge in [0, 0.05) is 18.5 Å². The van der Waals surface area contributed by atoms with Crippen LogP contribution in [0.3, 0.4) is 0 Å². The number of hydrogen-bond donors (Lipinski definition) is 1. The fraction of sp³-hybridized carbons (Fsp3) is 0.636. The average molecular weight is 210 g/mol. The molecule has 4 heteroatoms. The van der Waals surface area contributed by atoms with Crippen molar-refractivity contribution < 1.29 is 9.32 Å². The Bertz CT molecular complexity index is 312. The molecule has 1 aromatic heterocycles. The molecule has 1 heterocycles. The van der Waals surface area contributed by atoms with Crippen molar-refractivity contribution >= 4 is 5.91 Å². The SMILES string of the molecule is CCCC(=O)NCCc1c(C)noc1C. The van der Waals surface area contributed by atoms with Gasteiger partial charge < -0.3 is 9.84 Å². The molecule has 0 aromatic carbocycles. The van der Waals surface area contributed by atoms with Crippen molar-refractivity contribution in [1.29, 1.82) is 0 Å². The molecule has 0 saturated carbocycles. The zero-order valence-electron chi connectivity index (χ0n) is 9.59. The third-order valence-corrected chi connectivity index (χ3v) is 2.36. The van der Waals surface area contributed by atoms with E-state index in [4.69, 9.17) is 4.52 Å². The lowest BCUT2D eigenvalue weighted by Gasteiger charge is -2.03. The maximum Gasteiger partial charge on any atom is 0.219 e. The van der Waals surface area contributed by atoms with Gasteiger partial charge in [0.1, 0.15) is 5.76 Å². The van der Waals surface area contributed by atoms with Crippen LogP contribution in [0.25, 0.3) is 0 Å². The maximum atomic E-state index is 11.2. The number of hydrogen-bond acceptors (Lipinski definition) is 3. The van der Waals surface area contributed by atoms with Crippen LogP contribution < -0.4 is 5.32 Å². The molecule has 1 aromatic rings. The topological polar surface area (TPSA) is 55.1 Å². The largest absolute Gasteiger partial charge is 0.361 e. The summed E-state index contributed by atoms with van der Waals surface area (Å²) in [6.45, 7) is 6.46. The number of nitrogens with one attached hydrogen (secondary N) is 1. The smallest absolute Gasteiger partial charge is 0.219 e. The van der Waals surface area contributed by atoms with Gasteiger partial charge >= 0.3 is 0 Å². The molecule has 0 fully saturated rings. The highest BCUT2D eigenvalue weighted by atomic mass is 16.5. The first kappa shape index (κ1) is 11.8. The molecule has 0 aliphatic rings. The first-order valence-corrected chi connectivity index (χ1v) is 5.33. The quantitative estimate of drug-likeness (QED) is 0.805.